The van der Waals surface area contributed by atoms with Crippen molar-refractivity contribution in [2.75, 3.05) is 6.61 Å². The summed E-state index contributed by atoms with van der Waals surface area (Å²) in [6, 6.07) is 17.8. The van der Waals surface area contributed by atoms with Gasteiger partial charge < -0.3 is 15.0 Å². The monoisotopic (exact) mass is 406 g/mol. The Morgan fingerprint density at radius 3 is 2.47 bits per heavy atom. The number of primary amides is 1. The standard InChI is InChI=1S/C25H30N2O3/c1-3-17-30-25(2,24(26)29)18-20-12-10-19(11-13-20)7-6-15-27-16-14-21-8-4-5-9-22(21)23(27)28/h4-5,8-14,16H,3,6-7,15,17-18H2,1-2H3,(H2,26,29). The van der Waals surface area contributed by atoms with E-state index in [1.165, 1.54) is 5.56 Å². The van der Waals surface area contributed by atoms with Crippen molar-refractivity contribution in [2.24, 2.45) is 5.73 Å². The van der Waals surface area contributed by atoms with Gasteiger partial charge in [-0.05, 0) is 54.8 Å². The first-order chi connectivity index (χ1) is 14.4. The van der Waals surface area contributed by atoms with Gasteiger partial charge in [-0.3, -0.25) is 9.59 Å². The fourth-order valence-electron chi connectivity index (χ4n) is 3.61. The molecule has 3 rings (SSSR count). The van der Waals surface area contributed by atoms with Crippen molar-refractivity contribution in [2.45, 2.75) is 51.7 Å². The van der Waals surface area contributed by atoms with Gasteiger partial charge in [-0.25, -0.2) is 0 Å². The molecule has 1 amide bonds. The summed E-state index contributed by atoms with van der Waals surface area (Å²) < 4.78 is 7.50. The third-order valence-corrected chi connectivity index (χ3v) is 5.46. The highest BCUT2D eigenvalue weighted by atomic mass is 16.5. The zero-order valence-electron chi connectivity index (χ0n) is 17.8. The molecule has 2 N–H and O–H groups in total. The minimum Gasteiger partial charge on any atom is -0.367 e. The van der Waals surface area contributed by atoms with E-state index in [2.05, 4.69) is 12.1 Å². The van der Waals surface area contributed by atoms with Gasteiger partial charge in [0, 0.05) is 31.2 Å². The largest absolute Gasteiger partial charge is 0.367 e. The number of amides is 1. The predicted octanol–water partition coefficient (Wildman–Crippen LogP) is 3.85. The Kier molecular flexibility index (Phi) is 7.06. The Morgan fingerprint density at radius 2 is 1.77 bits per heavy atom. The van der Waals surface area contributed by atoms with Crippen molar-refractivity contribution in [1.29, 1.82) is 0 Å². The zero-order valence-corrected chi connectivity index (χ0v) is 17.8. The quantitative estimate of drug-likeness (QED) is 0.556. The molecule has 5 nitrogen and oxygen atoms in total. The molecule has 1 aromatic heterocycles. The normalized spacial score (nSPS) is 13.3. The summed E-state index contributed by atoms with van der Waals surface area (Å²) in [5.41, 5.74) is 6.84. The maximum atomic E-state index is 12.6. The number of fused-ring (bicyclic) bond motifs is 1. The first-order valence-electron chi connectivity index (χ1n) is 10.5. The topological polar surface area (TPSA) is 74.3 Å². The van der Waals surface area contributed by atoms with Gasteiger partial charge >= 0.3 is 0 Å². The molecule has 0 radical (unpaired) electrons. The van der Waals surface area contributed by atoms with Gasteiger partial charge in [-0.15, -0.1) is 0 Å². The maximum absolute atomic E-state index is 12.6. The highest BCUT2D eigenvalue weighted by Gasteiger charge is 2.32. The molecular weight excluding hydrogens is 376 g/mol. The molecule has 3 aromatic rings. The predicted molar refractivity (Wildman–Crippen MR) is 121 cm³/mol. The van der Waals surface area contributed by atoms with Crippen LogP contribution in [0.15, 0.2) is 65.6 Å². The van der Waals surface area contributed by atoms with Crippen LogP contribution >= 0.6 is 0 Å². The number of pyridine rings is 1. The van der Waals surface area contributed by atoms with Gasteiger partial charge in [0.2, 0.25) is 5.91 Å². The van der Waals surface area contributed by atoms with Gasteiger partial charge in [0.25, 0.3) is 5.56 Å². The van der Waals surface area contributed by atoms with E-state index in [1.807, 2.05) is 55.6 Å². The zero-order chi connectivity index (χ0) is 21.6. The van der Waals surface area contributed by atoms with Crippen molar-refractivity contribution in [3.05, 3.63) is 82.3 Å². The van der Waals surface area contributed by atoms with Gasteiger partial charge in [-0.1, -0.05) is 49.4 Å². The van der Waals surface area contributed by atoms with Crippen molar-refractivity contribution in [1.82, 2.24) is 4.57 Å². The van der Waals surface area contributed by atoms with Gasteiger partial charge in [-0.2, -0.15) is 0 Å². The van der Waals surface area contributed by atoms with Crippen LogP contribution in [0.5, 0.6) is 0 Å². The Bertz CT molecular complexity index is 1060. The van der Waals surface area contributed by atoms with Crippen molar-refractivity contribution in [3.8, 4) is 0 Å². The number of benzene rings is 2. The Morgan fingerprint density at radius 1 is 1.07 bits per heavy atom. The van der Waals surface area contributed by atoms with Crippen LogP contribution in [0.3, 0.4) is 0 Å². The van der Waals surface area contributed by atoms with Crippen LogP contribution in [0.2, 0.25) is 0 Å². The number of nitrogens with zero attached hydrogens (tertiary/aromatic N) is 1. The number of carbonyl (C=O) groups excluding carboxylic acids is 1. The molecule has 0 saturated heterocycles. The van der Waals surface area contributed by atoms with E-state index in [0.29, 0.717) is 19.6 Å². The van der Waals surface area contributed by atoms with Crippen LogP contribution in [-0.2, 0) is 28.9 Å². The fraction of sp³-hybridized carbons (Fsp3) is 0.360. The number of ether oxygens (including phenoxy) is 1. The Hall–Kier alpha value is -2.92. The van der Waals surface area contributed by atoms with Crippen LogP contribution in [0.25, 0.3) is 10.8 Å². The minimum atomic E-state index is -0.991. The highest BCUT2D eigenvalue weighted by Crippen LogP contribution is 2.19. The average Bonchev–Trinajstić information content (AvgIpc) is 2.75. The van der Waals surface area contributed by atoms with E-state index in [9.17, 15) is 9.59 Å². The number of hydrogen-bond acceptors (Lipinski definition) is 3. The lowest BCUT2D eigenvalue weighted by Crippen LogP contribution is -2.45. The second-order valence-corrected chi connectivity index (χ2v) is 7.94. The maximum Gasteiger partial charge on any atom is 0.258 e. The molecule has 1 unspecified atom stereocenters. The van der Waals surface area contributed by atoms with Crippen LogP contribution < -0.4 is 11.3 Å². The van der Waals surface area contributed by atoms with E-state index in [-0.39, 0.29) is 5.56 Å². The molecule has 1 atom stereocenters. The molecule has 0 fully saturated rings. The summed E-state index contributed by atoms with van der Waals surface area (Å²) in [5, 5.41) is 1.73. The lowest BCUT2D eigenvalue weighted by atomic mass is 9.94. The van der Waals surface area contributed by atoms with Crippen molar-refractivity contribution < 1.29 is 9.53 Å². The molecular formula is C25H30N2O3. The summed E-state index contributed by atoms with van der Waals surface area (Å²) in [5.74, 6) is -0.444. The molecule has 2 aromatic carbocycles. The second-order valence-electron chi connectivity index (χ2n) is 7.94. The van der Waals surface area contributed by atoms with E-state index < -0.39 is 11.5 Å². The summed E-state index contributed by atoms with van der Waals surface area (Å²) >= 11 is 0. The van der Waals surface area contributed by atoms with E-state index in [4.69, 9.17) is 10.5 Å². The molecule has 0 spiro atoms. The summed E-state index contributed by atoms with van der Waals surface area (Å²) in [4.78, 5) is 24.4. The van der Waals surface area contributed by atoms with E-state index in [1.54, 1.807) is 11.5 Å². The molecule has 0 aliphatic rings. The van der Waals surface area contributed by atoms with Crippen LogP contribution in [-0.4, -0.2) is 22.7 Å². The number of aromatic nitrogens is 1. The van der Waals surface area contributed by atoms with Gasteiger partial charge in [0.15, 0.2) is 0 Å². The molecule has 0 aliphatic heterocycles. The number of rotatable bonds is 10. The number of carbonyl (C=O) groups is 1. The van der Waals surface area contributed by atoms with Crippen LogP contribution in [0, 0.1) is 0 Å². The molecule has 0 saturated carbocycles. The minimum absolute atomic E-state index is 0.0567. The molecule has 158 valence electrons. The first-order valence-corrected chi connectivity index (χ1v) is 10.5. The van der Waals surface area contributed by atoms with Gasteiger partial charge in [0.05, 0.1) is 0 Å². The SMILES string of the molecule is CCCOC(C)(Cc1ccc(CCCn2ccc3ccccc3c2=O)cc1)C(N)=O. The number of hydrogen-bond donors (Lipinski definition) is 1. The third-order valence-electron chi connectivity index (χ3n) is 5.46. The van der Waals surface area contributed by atoms with E-state index in [0.717, 1.165) is 35.6 Å². The highest BCUT2D eigenvalue weighted by molar-refractivity contribution is 5.83. The van der Waals surface area contributed by atoms with Crippen molar-refractivity contribution in [3.63, 3.8) is 0 Å². The average molecular weight is 407 g/mol. The molecule has 5 heteroatoms. The number of nitrogens with two attached hydrogens (primary N) is 1. The summed E-state index contributed by atoms with van der Waals surface area (Å²) in [7, 11) is 0. The number of aryl methyl sites for hydroxylation is 2. The molecule has 30 heavy (non-hydrogen) atoms. The smallest absolute Gasteiger partial charge is 0.258 e. The Balaban J connectivity index is 1.59. The summed E-state index contributed by atoms with van der Waals surface area (Å²) in [6.07, 6.45) is 4.90. The lowest BCUT2D eigenvalue weighted by molar-refractivity contribution is -0.141. The molecule has 0 aliphatic carbocycles. The Labute approximate surface area is 177 Å². The van der Waals surface area contributed by atoms with Crippen molar-refractivity contribution >= 4 is 16.7 Å². The van der Waals surface area contributed by atoms with Crippen LogP contribution in [0.1, 0.15) is 37.8 Å². The van der Waals surface area contributed by atoms with E-state index >= 15 is 0 Å². The lowest BCUT2D eigenvalue weighted by Gasteiger charge is -2.26. The van der Waals surface area contributed by atoms with Gasteiger partial charge in [0.1, 0.15) is 5.60 Å². The summed E-state index contributed by atoms with van der Waals surface area (Å²) in [6.45, 7) is 4.93. The second kappa shape index (κ2) is 9.72. The fourth-order valence-corrected chi connectivity index (χ4v) is 3.61. The molecule has 0 bridgehead atoms. The first kappa shape index (κ1) is 21.8. The molecule has 1 heterocycles. The third kappa shape index (κ3) is 5.16. The van der Waals surface area contributed by atoms with Crippen LogP contribution in [0.4, 0.5) is 0 Å².